The molecule has 0 atom stereocenters. The highest BCUT2D eigenvalue weighted by molar-refractivity contribution is 7.19. The van der Waals surface area contributed by atoms with Gasteiger partial charge in [0.1, 0.15) is 11.2 Å². The minimum atomic E-state index is -2.82. The fraction of sp³-hybridized carbons (Fsp3) is 0. The molecule has 0 fully saturated rings. The predicted molar refractivity (Wildman–Crippen MR) is 278 cm³/mol. The average molecular weight is 846 g/mol. The van der Waals surface area contributed by atoms with Crippen molar-refractivity contribution < 1.29 is 4.42 Å². The van der Waals surface area contributed by atoms with E-state index in [1.54, 1.807) is 0 Å². The summed E-state index contributed by atoms with van der Waals surface area (Å²) >= 11 is 0. The summed E-state index contributed by atoms with van der Waals surface area (Å²) in [4.78, 5) is 2.39. The molecule has 0 unspecified atom stereocenters. The zero-order valence-corrected chi connectivity index (χ0v) is 36.7. The number of benzene rings is 11. The molecule has 1 aromatic heterocycles. The molecule has 0 saturated heterocycles. The molecular formula is C62H43NOSi. The second-order valence-electron chi connectivity index (χ2n) is 16.8. The Morgan fingerprint density at radius 1 is 0.292 bits per heavy atom. The van der Waals surface area contributed by atoms with Crippen LogP contribution in [0.3, 0.4) is 0 Å². The van der Waals surface area contributed by atoms with Crippen molar-refractivity contribution in [2.24, 2.45) is 0 Å². The summed E-state index contributed by atoms with van der Waals surface area (Å²) in [6.45, 7) is 0. The van der Waals surface area contributed by atoms with Crippen LogP contribution in [0.15, 0.2) is 265 Å². The third kappa shape index (κ3) is 6.64. The SMILES string of the molecule is c1ccc(-c2cccc3ccc(-c4ccc(N(c5cccc([Si](c6ccccc6)(c6ccccc6)c6ccccc6)c5)c5ccc6c(c5)oc5c7ccccc7ccc65)cc4)cc23)cc1. The summed E-state index contributed by atoms with van der Waals surface area (Å²) in [6, 6.07) is 95.4. The second kappa shape index (κ2) is 16.1. The maximum absolute atomic E-state index is 6.81. The monoisotopic (exact) mass is 845 g/mol. The van der Waals surface area contributed by atoms with Gasteiger partial charge in [0.05, 0.1) is 0 Å². The number of anilines is 3. The molecule has 11 aromatic carbocycles. The molecule has 0 saturated carbocycles. The highest BCUT2D eigenvalue weighted by Crippen LogP contribution is 2.41. The van der Waals surface area contributed by atoms with Crippen LogP contribution in [0.25, 0.3) is 65.7 Å². The van der Waals surface area contributed by atoms with Gasteiger partial charge < -0.3 is 9.32 Å². The van der Waals surface area contributed by atoms with E-state index < -0.39 is 8.07 Å². The van der Waals surface area contributed by atoms with Crippen molar-refractivity contribution in [3.05, 3.63) is 261 Å². The van der Waals surface area contributed by atoms with E-state index in [1.165, 1.54) is 53.6 Å². The molecule has 0 aliphatic heterocycles. The third-order valence-corrected chi connectivity index (χ3v) is 18.0. The van der Waals surface area contributed by atoms with Gasteiger partial charge in [-0.25, -0.2) is 0 Å². The van der Waals surface area contributed by atoms with E-state index in [1.807, 2.05) is 0 Å². The van der Waals surface area contributed by atoms with Gasteiger partial charge in [-0.15, -0.1) is 0 Å². The molecule has 0 amide bonds. The van der Waals surface area contributed by atoms with E-state index in [9.17, 15) is 0 Å². The lowest BCUT2D eigenvalue weighted by atomic mass is 9.95. The minimum Gasteiger partial charge on any atom is -0.455 e. The Hall–Kier alpha value is -8.24. The van der Waals surface area contributed by atoms with Gasteiger partial charge in [0.15, 0.2) is 8.07 Å². The van der Waals surface area contributed by atoms with E-state index in [0.29, 0.717) is 0 Å². The van der Waals surface area contributed by atoms with Crippen molar-refractivity contribution in [2.45, 2.75) is 0 Å². The Bertz CT molecular complexity index is 3540. The van der Waals surface area contributed by atoms with Crippen LogP contribution >= 0.6 is 0 Å². The fourth-order valence-corrected chi connectivity index (χ4v) is 14.9. The molecule has 3 heteroatoms. The van der Waals surface area contributed by atoms with Crippen molar-refractivity contribution in [2.75, 3.05) is 4.90 Å². The van der Waals surface area contributed by atoms with Gasteiger partial charge >= 0.3 is 0 Å². The largest absolute Gasteiger partial charge is 0.455 e. The van der Waals surface area contributed by atoms with Crippen molar-refractivity contribution in [3.8, 4) is 22.3 Å². The summed E-state index contributed by atoms with van der Waals surface area (Å²) in [5, 5.41) is 12.3. The first-order chi connectivity index (χ1) is 32.2. The second-order valence-corrected chi connectivity index (χ2v) is 20.6. The average Bonchev–Trinajstić information content (AvgIpc) is 3.77. The molecule has 0 bridgehead atoms. The molecule has 0 spiro atoms. The summed E-state index contributed by atoms with van der Waals surface area (Å²) in [5.74, 6) is 0. The molecule has 12 rings (SSSR count). The lowest BCUT2D eigenvalue weighted by Gasteiger charge is -2.35. The van der Waals surface area contributed by atoms with E-state index in [-0.39, 0.29) is 0 Å². The first-order valence-electron chi connectivity index (χ1n) is 22.3. The van der Waals surface area contributed by atoms with Crippen LogP contribution in [0.1, 0.15) is 0 Å². The predicted octanol–water partition coefficient (Wildman–Crippen LogP) is 14.1. The number of hydrogen-bond acceptors (Lipinski definition) is 2. The van der Waals surface area contributed by atoms with Crippen LogP contribution in [-0.4, -0.2) is 8.07 Å². The van der Waals surface area contributed by atoms with Crippen molar-refractivity contribution in [3.63, 3.8) is 0 Å². The quantitative estimate of drug-likeness (QED) is 0.106. The van der Waals surface area contributed by atoms with Crippen LogP contribution < -0.4 is 25.6 Å². The first-order valence-corrected chi connectivity index (χ1v) is 24.3. The van der Waals surface area contributed by atoms with E-state index in [0.717, 1.165) is 50.0 Å². The topological polar surface area (TPSA) is 16.4 Å². The van der Waals surface area contributed by atoms with E-state index in [2.05, 4.69) is 266 Å². The Labute approximate surface area is 379 Å². The zero-order chi connectivity index (χ0) is 43.2. The smallest absolute Gasteiger partial charge is 0.179 e. The Balaban J connectivity index is 1.04. The minimum absolute atomic E-state index is 0.860. The maximum atomic E-state index is 6.81. The van der Waals surface area contributed by atoms with Crippen LogP contribution in [0.5, 0.6) is 0 Å². The number of nitrogens with zero attached hydrogens (tertiary/aromatic N) is 1. The Morgan fingerprint density at radius 2 is 0.815 bits per heavy atom. The molecule has 12 aromatic rings. The van der Waals surface area contributed by atoms with Gasteiger partial charge in [-0.2, -0.15) is 0 Å². The number of hydrogen-bond donors (Lipinski definition) is 0. The molecule has 1 heterocycles. The van der Waals surface area contributed by atoms with Gasteiger partial charge in [-0.05, 0) is 108 Å². The van der Waals surface area contributed by atoms with Crippen molar-refractivity contribution in [1.29, 1.82) is 0 Å². The summed E-state index contributed by atoms with van der Waals surface area (Å²) in [7, 11) is -2.82. The molecule has 65 heavy (non-hydrogen) atoms. The highest BCUT2D eigenvalue weighted by atomic mass is 28.3. The van der Waals surface area contributed by atoms with Gasteiger partial charge in [0, 0.05) is 39.3 Å². The van der Waals surface area contributed by atoms with E-state index in [4.69, 9.17) is 4.42 Å². The molecule has 0 N–H and O–H groups in total. The normalized spacial score (nSPS) is 11.7. The van der Waals surface area contributed by atoms with Crippen molar-refractivity contribution in [1.82, 2.24) is 0 Å². The van der Waals surface area contributed by atoms with Crippen LogP contribution in [0.2, 0.25) is 0 Å². The highest BCUT2D eigenvalue weighted by Gasteiger charge is 2.41. The van der Waals surface area contributed by atoms with Gasteiger partial charge in [0.2, 0.25) is 0 Å². The molecule has 306 valence electrons. The van der Waals surface area contributed by atoms with Gasteiger partial charge in [0.25, 0.3) is 0 Å². The fourth-order valence-electron chi connectivity index (χ4n) is 10.1. The molecule has 0 aliphatic rings. The summed E-state index contributed by atoms with van der Waals surface area (Å²) in [5.41, 5.74) is 9.74. The Kier molecular flexibility index (Phi) is 9.55. The molecular weight excluding hydrogens is 803 g/mol. The zero-order valence-electron chi connectivity index (χ0n) is 35.7. The standard InChI is InChI=1S/C62H43NOSi/c1-5-17-45(18-6-1)56-30-15-20-47-31-32-48(41-60(47)56)44-33-36-49(37-34-44)63(51-38-40-58-59-39-35-46-19-13-14-29-57(46)62(59)64-61(58)43-51)50-21-16-28-55(42-50)65(52-22-7-2-8-23-52,53-24-9-3-10-25-53)54-26-11-4-12-27-54/h1-43H. The number of furan rings is 1. The van der Waals surface area contributed by atoms with Gasteiger partial charge in [-0.3, -0.25) is 0 Å². The van der Waals surface area contributed by atoms with Crippen LogP contribution in [-0.2, 0) is 0 Å². The lowest BCUT2D eigenvalue weighted by Crippen LogP contribution is -2.74. The van der Waals surface area contributed by atoms with Gasteiger partial charge in [-0.1, -0.05) is 206 Å². The summed E-state index contributed by atoms with van der Waals surface area (Å²) < 4.78 is 6.81. The van der Waals surface area contributed by atoms with Crippen LogP contribution in [0.4, 0.5) is 17.1 Å². The van der Waals surface area contributed by atoms with E-state index >= 15 is 0 Å². The first kappa shape index (κ1) is 38.4. The third-order valence-electron chi connectivity index (χ3n) is 13.2. The molecule has 0 radical (unpaired) electrons. The van der Waals surface area contributed by atoms with Crippen LogP contribution in [0, 0.1) is 0 Å². The lowest BCUT2D eigenvalue weighted by molar-refractivity contribution is 0.672. The number of fused-ring (bicyclic) bond motifs is 6. The number of rotatable bonds is 9. The Morgan fingerprint density at radius 3 is 1.52 bits per heavy atom. The van der Waals surface area contributed by atoms with Crippen molar-refractivity contribution >= 4 is 89.4 Å². The molecule has 2 nitrogen and oxygen atoms in total. The maximum Gasteiger partial charge on any atom is 0.179 e. The summed E-state index contributed by atoms with van der Waals surface area (Å²) in [6.07, 6.45) is 0. The molecule has 0 aliphatic carbocycles.